The smallest absolute Gasteiger partial charge is 0.313 e. The highest BCUT2D eigenvalue weighted by atomic mass is 16.5. The number of hydrogen-bond acceptors (Lipinski definition) is 3. The third-order valence-corrected chi connectivity index (χ3v) is 4.18. The van der Waals surface area contributed by atoms with Gasteiger partial charge in [0.15, 0.2) is 0 Å². The SMILES string of the molecule is O=C(Nc1ccc(Oc2ccccc2)cc1)C(=O)N1CCCCCC1. The fraction of sp³-hybridized carbons (Fsp3) is 0.300. The summed E-state index contributed by atoms with van der Waals surface area (Å²) in [7, 11) is 0. The Morgan fingerprint density at radius 2 is 1.40 bits per heavy atom. The monoisotopic (exact) mass is 338 g/mol. The minimum absolute atomic E-state index is 0.452. The van der Waals surface area contributed by atoms with Crippen LogP contribution in [-0.4, -0.2) is 29.8 Å². The molecule has 1 aliphatic heterocycles. The van der Waals surface area contributed by atoms with E-state index in [1.165, 1.54) is 0 Å². The molecular formula is C20H22N2O3. The molecule has 1 N–H and O–H groups in total. The predicted octanol–water partition coefficient (Wildman–Crippen LogP) is 3.82. The molecule has 2 aromatic carbocycles. The molecule has 0 aliphatic carbocycles. The molecule has 0 spiro atoms. The lowest BCUT2D eigenvalue weighted by Gasteiger charge is -2.19. The number of carbonyl (C=O) groups is 2. The number of hydrogen-bond donors (Lipinski definition) is 1. The second kappa shape index (κ2) is 8.33. The van der Waals surface area contributed by atoms with Gasteiger partial charge in [-0.1, -0.05) is 31.0 Å². The first kappa shape index (κ1) is 17.0. The van der Waals surface area contributed by atoms with Crippen molar-refractivity contribution >= 4 is 17.5 Å². The van der Waals surface area contributed by atoms with Crippen LogP contribution in [-0.2, 0) is 9.59 Å². The van der Waals surface area contributed by atoms with E-state index in [1.54, 1.807) is 29.2 Å². The van der Waals surface area contributed by atoms with E-state index in [-0.39, 0.29) is 0 Å². The number of benzene rings is 2. The number of para-hydroxylation sites is 1. The summed E-state index contributed by atoms with van der Waals surface area (Å²) in [4.78, 5) is 26.1. The topological polar surface area (TPSA) is 58.6 Å². The first-order valence-electron chi connectivity index (χ1n) is 8.65. The molecule has 25 heavy (non-hydrogen) atoms. The minimum Gasteiger partial charge on any atom is -0.457 e. The summed E-state index contributed by atoms with van der Waals surface area (Å²) in [6.45, 7) is 1.33. The summed E-state index contributed by atoms with van der Waals surface area (Å²) >= 11 is 0. The van der Waals surface area contributed by atoms with Crippen LogP contribution in [0, 0.1) is 0 Å². The summed E-state index contributed by atoms with van der Waals surface area (Å²) in [5.41, 5.74) is 0.577. The Labute approximate surface area is 147 Å². The predicted molar refractivity (Wildman–Crippen MR) is 96.6 cm³/mol. The lowest BCUT2D eigenvalue weighted by atomic mass is 10.2. The van der Waals surface area contributed by atoms with E-state index in [0.29, 0.717) is 24.5 Å². The van der Waals surface area contributed by atoms with Gasteiger partial charge >= 0.3 is 11.8 Å². The Morgan fingerprint density at radius 1 is 0.800 bits per heavy atom. The Balaban J connectivity index is 1.57. The summed E-state index contributed by atoms with van der Waals surface area (Å²) in [5.74, 6) is 0.379. The molecule has 0 bridgehead atoms. The first-order valence-corrected chi connectivity index (χ1v) is 8.65. The quantitative estimate of drug-likeness (QED) is 0.866. The molecular weight excluding hydrogens is 316 g/mol. The van der Waals surface area contributed by atoms with Crippen molar-refractivity contribution in [2.24, 2.45) is 0 Å². The van der Waals surface area contributed by atoms with Crippen LogP contribution in [0.4, 0.5) is 5.69 Å². The molecule has 0 aromatic heterocycles. The third-order valence-electron chi connectivity index (χ3n) is 4.18. The molecule has 1 aliphatic rings. The molecule has 5 heteroatoms. The number of carbonyl (C=O) groups excluding carboxylic acids is 2. The van der Waals surface area contributed by atoms with Gasteiger partial charge in [0.1, 0.15) is 11.5 Å². The lowest BCUT2D eigenvalue weighted by Crippen LogP contribution is -2.40. The zero-order valence-electron chi connectivity index (χ0n) is 14.1. The van der Waals surface area contributed by atoms with Crippen LogP contribution in [0.5, 0.6) is 11.5 Å². The van der Waals surface area contributed by atoms with E-state index in [9.17, 15) is 9.59 Å². The van der Waals surface area contributed by atoms with E-state index in [0.717, 1.165) is 31.4 Å². The van der Waals surface area contributed by atoms with Crippen molar-refractivity contribution in [1.29, 1.82) is 0 Å². The van der Waals surface area contributed by atoms with E-state index in [1.807, 2.05) is 30.3 Å². The molecule has 0 radical (unpaired) electrons. The molecule has 1 saturated heterocycles. The first-order chi connectivity index (χ1) is 12.2. The van der Waals surface area contributed by atoms with E-state index >= 15 is 0 Å². The number of anilines is 1. The van der Waals surface area contributed by atoms with Gasteiger partial charge < -0.3 is 15.0 Å². The summed E-state index contributed by atoms with van der Waals surface area (Å²) < 4.78 is 5.71. The van der Waals surface area contributed by atoms with Crippen molar-refractivity contribution in [3.05, 3.63) is 54.6 Å². The van der Waals surface area contributed by atoms with Crippen molar-refractivity contribution in [1.82, 2.24) is 4.90 Å². The van der Waals surface area contributed by atoms with Gasteiger partial charge in [-0.3, -0.25) is 9.59 Å². The molecule has 2 aromatic rings. The van der Waals surface area contributed by atoms with Gasteiger partial charge in [-0.05, 0) is 49.2 Å². The van der Waals surface area contributed by atoms with Crippen LogP contribution in [0.2, 0.25) is 0 Å². The Hall–Kier alpha value is -2.82. The van der Waals surface area contributed by atoms with E-state index in [2.05, 4.69) is 5.32 Å². The van der Waals surface area contributed by atoms with Gasteiger partial charge in [0.05, 0.1) is 0 Å². The normalized spacial score (nSPS) is 14.5. The second-order valence-electron chi connectivity index (χ2n) is 6.10. The molecule has 0 unspecified atom stereocenters. The molecule has 5 nitrogen and oxygen atoms in total. The molecule has 2 amide bonds. The maximum absolute atomic E-state index is 12.3. The highest BCUT2D eigenvalue weighted by molar-refractivity contribution is 6.39. The number of nitrogens with one attached hydrogen (secondary N) is 1. The zero-order chi connectivity index (χ0) is 17.5. The van der Waals surface area contributed by atoms with Gasteiger partial charge in [-0.2, -0.15) is 0 Å². The van der Waals surface area contributed by atoms with Crippen LogP contribution in [0.15, 0.2) is 54.6 Å². The summed E-state index contributed by atoms with van der Waals surface area (Å²) in [5, 5.41) is 2.66. The Bertz CT molecular complexity index is 705. The van der Waals surface area contributed by atoms with Crippen molar-refractivity contribution < 1.29 is 14.3 Å². The highest BCUT2D eigenvalue weighted by Crippen LogP contribution is 2.22. The Kier molecular flexibility index (Phi) is 5.67. The van der Waals surface area contributed by atoms with Gasteiger partial charge in [0, 0.05) is 18.8 Å². The molecule has 0 saturated carbocycles. The van der Waals surface area contributed by atoms with E-state index in [4.69, 9.17) is 4.74 Å². The molecule has 130 valence electrons. The molecule has 0 atom stereocenters. The summed E-state index contributed by atoms with van der Waals surface area (Å²) in [6, 6.07) is 16.4. The van der Waals surface area contributed by atoms with Crippen molar-refractivity contribution in [3.63, 3.8) is 0 Å². The average molecular weight is 338 g/mol. The fourth-order valence-corrected chi connectivity index (χ4v) is 2.83. The van der Waals surface area contributed by atoms with E-state index < -0.39 is 11.8 Å². The highest BCUT2D eigenvalue weighted by Gasteiger charge is 2.22. The average Bonchev–Trinajstić information content (AvgIpc) is 2.93. The fourth-order valence-electron chi connectivity index (χ4n) is 2.83. The van der Waals surface area contributed by atoms with Crippen LogP contribution >= 0.6 is 0 Å². The van der Waals surface area contributed by atoms with Crippen molar-refractivity contribution in [2.75, 3.05) is 18.4 Å². The number of rotatable bonds is 3. The van der Waals surface area contributed by atoms with Gasteiger partial charge in [0.2, 0.25) is 0 Å². The number of ether oxygens (including phenoxy) is 1. The number of amides is 2. The molecule has 1 heterocycles. The van der Waals surface area contributed by atoms with Crippen LogP contribution in [0.1, 0.15) is 25.7 Å². The van der Waals surface area contributed by atoms with Crippen molar-refractivity contribution in [3.8, 4) is 11.5 Å². The third kappa shape index (κ3) is 4.83. The minimum atomic E-state index is -0.585. The van der Waals surface area contributed by atoms with Gasteiger partial charge in [-0.25, -0.2) is 0 Å². The largest absolute Gasteiger partial charge is 0.457 e. The van der Waals surface area contributed by atoms with Crippen LogP contribution in [0.3, 0.4) is 0 Å². The van der Waals surface area contributed by atoms with Gasteiger partial charge in [0.25, 0.3) is 0 Å². The summed E-state index contributed by atoms with van der Waals surface area (Å²) in [6.07, 6.45) is 4.16. The zero-order valence-corrected chi connectivity index (χ0v) is 14.1. The van der Waals surface area contributed by atoms with Crippen LogP contribution < -0.4 is 10.1 Å². The van der Waals surface area contributed by atoms with Gasteiger partial charge in [-0.15, -0.1) is 0 Å². The lowest BCUT2D eigenvalue weighted by molar-refractivity contribution is -0.143. The number of nitrogens with zero attached hydrogens (tertiary/aromatic N) is 1. The van der Waals surface area contributed by atoms with Crippen LogP contribution in [0.25, 0.3) is 0 Å². The van der Waals surface area contributed by atoms with Crippen molar-refractivity contribution in [2.45, 2.75) is 25.7 Å². The maximum Gasteiger partial charge on any atom is 0.313 e. The molecule has 3 rings (SSSR count). The second-order valence-corrected chi connectivity index (χ2v) is 6.10. The standard InChI is InChI=1S/C20H22N2O3/c23-19(20(24)22-14-6-1-2-7-15-22)21-16-10-12-18(13-11-16)25-17-8-4-3-5-9-17/h3-5,8-13H,1-2,6-7,14-15H2,(H,21,23). The molecule has 1 fully saturated rings. The Morgan fingerprint density at radius 3 is 2.04 bits per heavy atom. The number of likely N-dealkylation sites (tertiary alicyclic amines) is 1. The maximum atomic E-state index is 12.3.